The lowest BCUT2D eigenvalue weighted by Gasteiger charge is -2.37. The Bertz CT molecular complexity index is 899. The average molecular weight is 490 g/mol. The molecule has 1 saturated heterocycles. The second-order valence-electron chi connectivity index (χ2n) is 6.75. The van der Waals surface area contributed by atoms with Crippen molar-refractivity contribution in [2.75, 3.05) is 44.7 Å². The van der Waals surface area contributed by atoms with Gasteiger partial charge in [-0.25, -0.2) is 4.98 Å². The van der Waals surface area contributed by atoms with E-state index in [9.17, 15) is 0 Å². The summed E-state index contributed by atoms with van der Waals surface area (Å²) in [5, 5.41) is 4.83. The van der Waals surface area contributed by atoms with Crippen LogP contribution in [0.1, 0.15) is 5.56 Å². The zero-order valence-corrected chi connectivity index (χ0v) is 18.5. The number of aromatic nitrogens is 2. The molecule has 0 aliphatic carbocycles. The normalized spacial score (nSPS) is 14.8. The number of aromatic amines is 1. The largest absolute Gasteiger partial charge is 0.361 e. The SMILES string of the molecule is CN=C(NCCc1c[nH]c2ccccc12)N1CCN(c2ccccn2)CC1.I. The standard InChI is InChI=1S/C21H26N6.HI/c1-22-21(24-11-9-17-16-25-19-7-3-2-6-18(17)19)27-14-12-26(13-15-27)20-8-4-5-10-23-20;/h2-8,10,16,25H,9,11-15H2,1H3,(H,22,24);1H. The third-order valence-corrected chi connectivity index (χ3v) is 5.12. The molecule has 1 aromatic carbocycles. The van der Waals surface area contributed by atoms with Crippen LogP contribution in [0.25, 0.3) is 10.9 Å². The van der Waals surface area contributed by atoms with Gasteiger partial charge in [0.05, 0.1) is 0 Å². The topological polar surface area (TPSA) is 59.6 Å². The van der Waals surface area contributed by atoms with Gasteiger partial charge in [-0.1, -0.05) is 24.3 Å². The van der Waals surface area contributed by atoms with E-state index in [-0.39, 0.29) is 24.0 Å². The van der Waals surface area contributed by atoms with Gasteiger partial charge >= 0.3 is 0 Å². The van der Waals surface area contributed by atoms with Crippen molar-refractivity contribution < 1.29 is 0 Å². The number of hydrogen-bond acceptors (Lipinski definition) is 3. The van der Waals surface area contributed by atoms with E-state index >= 15 is 0 Å². The van der Waals surface area contributed by atoms with Crippen LogP contribution >= 0.6 is 24.0 Å². The van der Waals surface area contributed by atoms with Crippen LogP contribution in [0.4, 0.5) is 5.82 Å². The predicted octanol–water partition coefficient (Wildman–Crippen LogP) is 3.12. The summed E-state index contributed by atoms with van der Waals surface area (Å²) < 4.78 is 0. The Labute approximate surface area is 183 Å². The van der Waals surface area contributed by atoms with Gasteiger partial charge in [0, 0.05) is 63.1 Å². The maximum atomic E-state index is 4.48. The quantitative estimate of drug-likeness (QED) is 0.335. The first-order chi connectivity index (χ1) is 13.3. The van der Waals surface area contributed by atoms with Crippen LogP contribution in [0.15, 0.2) is 59.9 Å². The van der Waals surface area contributed by atoms with Gasteiger partial charge in [0.15, 0.2) is 5.96 Å². The minimum absolute atomic E-state index is 0. The van der Waals surface area contributed by atoms with E-state index in [0.717, 1.165) is 50.9 Å². The fourth-order valence-corrected chi connectivity index (χ4v) is 3.67. The molecule has 0 radical (unpaired) electrons. The molecule has 7 heteroatoms. The summed E-state index contributed by atoms with van der Waals surface area (Å²) in [6.45, 7) is 4.68. The van der Waals surface area contributed by atoms with E-state index in [1.807, 2.05) is 25.4 Å². The first kappa shape index (κ1) is 20.4. The second-order valence-corrected chi connectivity index (χ2v) is 6.75. The molecule has 2 N–H and O–H groups in total. The summed E-state index contributed by atoms with van der Waals surface area (Å²) in [4.78, 5) is 16.9. The van der Waals surface area contributed by atoms with Crippen LogP contribution in [-0.4, -0.2) is 60.6 Å². The minimum Gasteiger partial charge on any atom is -0.361 e. The van der Waals surface area contributed by atoms with Gasteiger partial charge in [-0.2, -0.15) is 0 Å². The van der Waals surface area contributed by atoms with Gasteiger partial charge in [0.1, 0.15) is 5.82 Å². The number of pyridine rings is 1. The Morgan fingerprint density at radius 2 is 1.89 bits per heavy atom. The van der Waals surface area contributed by atoms with Crippen molar-refractivity contribution in [3.63, 3.8) is 0 Å². The highest BCUT2D eigenvalue weighted by molar-refractivity contribution is 14.0. The molecule has 0 amide bonds. The molecular weight excluding hydrogens is 463 g/mol. The molecule has 0 atom stereocenters. The Balaban J connectivity index is 0.00000225. The number of aliphatic imine (C=N–C) groups is 1. The smallest absolute Gasteiger partial charge is 0.193 e. The number of nitrogens with one attached hydrogen (secondary N) is 2. The number of benzene rings is 1. The minimum atomic E-state index is 0. The van der Waals surface area contributed by atoms with Crippen molar-refractivity contribution in [2.45, 2.75) is 6.42 Å². The van der Waals surface area contributed by atoms with Crippen molar-refractivity contribution in [3.8, 4) is 0 Å². The number of para-hydroxylation sites is 1. The number of anilines is 1. The summed E-state index contributed by atoms with van der Waals surface area (Å²) >= 11 is 0. The molecule has 0 spiro atoms. The summed E-state index contributed by atoms with van der Waals surface area (Å²) in [7, 11) is 1.86. The van der Waals surface area contributed by atoms with Crippen LogP contribution in [0, 0.1) is 0 Å². The van der Waals surface area contributed by atoms with E-state index in [4.69, 9.17) is 0 Å². The lowest BCUT2D eigenvalue weighted by molar-refractivity contribution is 0.372. The Morgan fingerprint density at radius 3 is 2.64 bits per heavy atom. The zero-order valence-electron chi connectivity index (χ0n) is 16.1. The predicted molar refractivity (Wildman–Crippen MR) is 127 cm³/mol. The van der Waals surface area contributed by atoms with E-state index in [2.05, 4.69) is 66.6 Å². The Hall–Kier alpha value is -2.29. The molecule has 6 nitrogen and oxygen atoms in total. The van der Waals surface area contributed by atoms with Crippen molar-refractivity contribution >= 4 is 46.7 Å². The van der Waals surface area contributed by atoms with Crippen molar-refractivity contribution in [3.05, 3.63) is 60.4 Å². The third-order valence-electron chi connectivity index (χ3n) is 5.12. The fraction of sp³-hybridized carbons (Fsp3) is 0.333. The van der Waals surface area contributed by atoms with Crippen LogP contribution in [0.3, 0.4) is 0 Å². The first-order valence-corrected chi connectivity index (χ1v) is 9.52. The number of nitrogens with zero attached hydrogens (tertiary/aromatic N) is 4. The fourth-order valence-electron chi connectivity index (χ4n) is 3.67. The van der Waals surface area contributed by atoms with Gasteiger partial charge in [0.25, 0.3) is 0 Å². The first-order valence-electron chi connectivity index (χ1n) is 9.52. The number of piperazine rings is 1. The molecule has 1 aliphatic heterocycles. The highest BCUT2D eigenvalue weighted by Crippen LogP contribution is 2.18. The summed E-state index contributed by atoms with van der Waals surface area (Å²) in [6.07, 6.45) is 4.94. The van der Waals surface area contributed by atoms with Crippen molar-refractivity contribution in [1.29, 1.82) is 0 Å². The molecule has 3 aromatic rings. The summed E-state index contributed by atoms with van der Waals surface area (Å²) in [5.41, 5.74) is 2.54. The molecule has 148 valence electrons. The molecule has 28 heavy (non-hydrogen) atoms. The summed E-state index contributed by atoms with van der Waals surface area (Å²) in [5.74, 6) is 2.04. The van der Waals surface area contributed by atoms with Crippen LogP contribution < -0.4 is 10.2 Å². The number of guanidine groups is 1. The van der Waals surface area contributed by atoms with Gasteiger partial charge in [-0.15, -0.1) is 24.0 Å². The molecule has 0 unspecified atom stereocenters. The van der Waals surface area contributed by atoms with Gasteiger partial charge < -0.3 is 20.1 Å². The lowest BCUT2D eigenvalue weighted by Crippen LogP contribution is -2.53. The van der Waals surface area contributed by atoms with E-state index in [1.165, 1.54) is 16.5 Å². The number of rotatable bonds is 4. The monoisotopic (exact) mass is 490 g/mol. The van der Waals surface area contributed by atoms with Crippen LogP contribution in [0.5, 0.6) is 0 Å². The zero-order chi connectivity index (χ0) is 18.5. The molecule has 3 heterocycles. The molecule has 4 rings (SSSR count). The van der Waals surface area contributed by atoms with Gasteiger partial charge in [0.2, 0.25) is 0 Å². The molecular formula is C21H27IN6. The lowest BCUT2D eigenvalue weighted by atomic mass is 10.1. The van der Waals surface area contributed by atoms with Gasteiger partial charge in [-0.05, 0) is 30.2 Å². The van der Waals surface area contributed by atoms with E-state index < -0.39 is 0 Å². The van der Waals surface area contributed by atoms with Gasteiger partial charge in [-0.3, -0.25) is 4.99 Å². The third kappa shape index (κ3) is 4.57. The maximum absolute atomic E-state index is 4.48. The highest BCUT2D eigenvalue weighted by Gasteiger charge is 2.20. The number of halogens is 1. The van der Waals surface area contributed by atoms with Crippen molar-refractivity contribution in [2.24, 2.45) is 4.99 Å². The number of hydrogen-bond donors (Lipinski definition) is 2. The van der Waals surface area contributed by atoms with Crippen LogP contribution in [-0.2, 0) is 6.42 Å². The second kappa shape index (κ2) is 9.77. The highest BCUT2D eigenvalue weighted by atomic mass is 127. The number of H-pyrrole nitrogens is 1. The Kier molecular flexibility index (Phi) is 7.13. The molecule has 1 fully saturated rings. The Morgan fingerprint density at radius 1 is 1.11 bits per heavy atom. The van der Waals surface area contributed by atoms with E-state index in [0.29, 0.717) is 0 Å². The summed E-state index contributed by atoms with van der Waals surface area (Å²) in [6, 6.07) is 14.5. The van der Waals surface area contributed by atoms with Crippen molar-refractivity contribution in [1.82, 2.24) is 20.2 Å². The molecule has 0 bridgehead atoms. The molecule has 2 aromatic heterocycles. The molecule has 0 saturated carbocycles. The van der Waals surface area contributed by atoms with E-state index in [1.54, 1.807) is 0 Å². The number of fused-ring (bicyclic) bond motifs is 1. The molecule has 1 aliphatic rings. The van der Waals surface area contributed by atoms with Crippen LogP contribution in [0.2, 0.25) is 0 Å². The maximum Gasteiger partial charge on any atom is 0.193 e. The average Bonchev–Trinajstić information content (AvgIpc) is 3.15.